The van der Waals surface area contributed by atoms with Crippen molar-refractivity contribution in [3.63, 3.8) is 0 Å². The van der Waals surface area contributed by atoms with Gasteiger partial charge < -0.3 is 15.1 Å². The van der Waals surface area contributed by atoms with Gasteiger partial charge in [-0.2, -0.15) is 0 Å². The Hall–Kier alpha value is -3.06. The van der Waals surface area contributed by atoms with Gasteiger partial charge in [0.1, 0.15) is 6.04 Å². The fourth-order valence-corrected chi connectivity index (χ4v) is 5.26. The molecule has 2 saturated heterocycles. The number of carbonyl (C=O) groups is 3. The summed E-state index contributed by atoms with van der Waals surface area (Å²) in [5.74, 6) is -0.0167. The third-order valence-electron chi connectivity index (χ3n) is 6.62. The number of nitrogens with zero attached hydrogens (tertiary/aromatic N) is 3. The van der Waals surface area contributed by atoms with Crippen molar-refractivity contribution in [2.24, 2.45) is 0 Å². The first-order valence-electron chi connectivity index (χ1n) is 10.9. The van der Waals surface area contributed by atoms with E-state index in [-0.39, 0.29) is 36.5 Å². The minimum Gasteiger partial charge on any atom is -0.320 e. The zero-order valence-corrected chi connectivity index (χ0v) is 18.8. The van der Waals surface area contributed by atoms with Gasteiger partial charge in [-0.15, -0.1) is 0 Å². The number of piperazine rings is 1. The van der Waals surface area contributed by atoms with E-state index in [1.54, 1.807) is 15.9 Å². The summed E-state index contributed by atoms with van der Waals surface area (Å²) in [6, 6.07) is 12.5. The summed E-state index contributed by atoms with van der Waals surface area (Å²) in [5, 5.41) is 3.36. The van der Waals surface area contributed by atoms with Crippen LogP contribution in [0.1, 0.15) is 29.0 Å². The van der Waals surface area contributed by atoms with E-state index in [9.17, 15) is 14.4 Å². The van der Waals surface area contributed by atoms with Gasteiger partial charge in [0.25, 0.3) is 5.91 Å². The quantitative estimate of drug-likeness (QED) is 0.715. The SMILES string of the molecule is Cc1cc(C)c(NC(=O)N2CCN3C(=O)N([C@H]4C[C@@H]4c4ccccc4)C(=O)[C@@H]3C2)c(Cl)c1. The van der Waals surface area contributed by atoms with Gasteiger partial charge in [-0.25, -0.2) is 9.59 Å². The van der Waals surface area contributed by atoms with Crippen LogP contribution in [0.4, 0.5) is 15.3 Å². The van der Waals surface area contributed by atoms with Crippen molar-refractivity contribution in [1.29, 1.82) is 0 Å². The topological polar surface area (TPSA) is 73.0 Å². The fraction of sp³-hybridized carbons (Fsp3) is 0.375. The molecule has 0 bridgehead atoms. The number of amides is 5. The molecule has 1 aliphatic carbocycles. The number of hydrogen-bond acceptors (Lipinski definition) is 3. The molecular weight excluding hydrogens is 428 g/mol. The predicted octanol–water partition coefficient (Wildman–Crippen LogP) is 3.99. The van der Waals surface area contributed by atoms with E-state index >= 15 is 0 Å². The summed E-state index contributed by atoms with van der Waals surface area (Å²) in [4.78, 5) is 43.7. The highest BCUT2D eigenvalue weighted by molar-refractivity contribution is 6.34. The first-order valence-corrected chi connectivity index (χ1v) is 11.2. The Morgan fingerprint density at radius 1 is 1.09 bits per heavy atom. The average molecular weight is 453 g/mol. The lowest BCUT2D eigenvalue weighted by Gasteiger charge is -2.35. The van der Waals surface area contributed by atoms with Crippen molar-refractivity contribution < 1.29 is 14.4 Å². The van der Waals surface area contributed by atoms with Gasteiger partial charge in [-0.05, 0) is 43.0 Å². The number of imide groups is 1. The summed E-state index contributed by atoms with van der Waals surface area (Å²) < 4.78 is 0. The molecule has 3 fully saturated rings. The molecule has 0 radical (unpaired) electrons. The Bertz CT molecular complexity index is 1080. The summed E-state index contributed by atoms with van der Waals surface area (Å²) in [6.07, 6.45) is 0.789. The number of urea groups is 2. The van der Waals surface area contributed by atoms with Crippen molar-refractivity contribution in [3.8, 4) is 0 Å². The van der Waals surface area contributed by atoms with Crippen molar-refractivity contribution in [2.75, 3.05) is 25.0 Å². The molecule has 166 valence electrons. The Morgan fingerprint density at radius 3 is 2.56 bits per heavy atom. The van der Waals surface area contributed by atoms with Crippen LogP contribution in [0, 0.1) is 13.8 Å². The van der Waals surface area contributed by atoms with E-state index in [0.29, 0.717) is 23.8 Å². The van der Waals surface area contributed by atoms with Crippen LogP contribution < -0.4 is 5.32 Å². The largest absolute Gasteiger partial charge is 0.327 e. The van der Waals surface area contributed by atoms with Crippen molar-refractivity contribution in [1.82, 2.24) is 14.7 Å². The molecule has 32 heavy (non-hydrogen) atoms. The molecule has 3 atom stereocenters. The van der Waals surface area contributed by atoms with E-state index in [1.807, 2.05) is 50.2 Å². The molecule has 5 amide bonds. The first-order chi connectivity index (χ1) is 15.3. The van der Waals surface area contributed by atoms with Crippen LogP contribution in [0.25, 0.3) is 0 Å². The van der Waals surface area contributed by atoms with Crippen LogP contribution >= 0.6 is 11.6 Å². The molecule has 2 aromatic carbocycles. The number of nitrogens with one attached hydrogen (secondary N) is 1. The summed E-state index contributed by atoms with van der Waals surface area (Å²) in [5.41, 5.74) is 3.61. The molecule has 0 aromatic heterocycles. The molecule has 0 spiro atoms. The van der Waals surface area contributed by atoms with Crippen LogP contribution in [0.2, 0.25) is 5.02 Å². The van der Waals surface area contributed by atoms with Gasteiger partial charge >= 0.3 is 12.1 Å². The van der Waals surface area contributed by atoms with E-state index < -0.39 is 6.04 Å². The Kier molecular flexibility index (Phi) is 5.08. The van der Waals surface area contributed by atoms with Crippen LogP contribution in [-0.4, -0.2) is 64.4 Å². The monoisotopic (exact) mass is 452 g/mol. The molecule has 2 aliphatic heterocycles. The normalized spacial score (nSPS) is 24.6. The Labute approximate surface area is 191 Å². The number of rotatable bonds is 3. The molecule has 1 saturated carbocycles. The number of benzene rings is 2. The maximum absolute atomic E-state index is 13.2. The first kappa shape index (κ1) is 20.8. The van der Waals surface area contributed by atoms with Gasteiger partial charge in [-0.1, -0.05) is 48.0 Å². The molecule has 0 unspecified atom stereocenters. The molecule has 8 heteroatoms. The second kappa shape index (κ2) is 7.81. The smallest absolute Gasteiger partial charge is 0.320 e. The number of aryl methyl sites for hydroxylation is 2. The lowest BCUT2D eigenvalue weighted by molar-refractivity contribution is -0.129. The molecule has 3 aliphatic rings. The van der Waals surface area contributed by atoms with Crippen LogP contribution in [0.15, 0.2) is 42.5 Å². The third-order valence-corrected chi connectivity index (χ3v) is 6.92. The minimum absolute atomic E-state index is 0.0979. The maximum atomic E-state index is 13.2. The number of hydrogen-bond donors (Lipinski definition) is 1. The van der Waals surface area contributed by atoms with E-state index in [4.69, 9.17) is 11.6 Å². The van der Waals surface area contributed by atoms with Crippen molar-refractivity contribution >= 4 is 35.3 Å². The van der Waals surface area contributed by atoms with Gasteiger partial charge in [0.05, 0.1) is 17.3 Å². The average Bonchev–Trinajstić information content (AvgIpc) is 3.52. The molecule has 5 rings (SSSR count). The fourth-order valence-electron chi connectivity index (χ4n) is 4.89. The standard InChI is InChI=1S/C24H25ClN4O3/c1-14-10-15(2)21(18(25)11-14)26-23(31)27-8-9-28-20(13-27)22(30)29(24(28)32)19-12-17(19)16-6-4-3-5-7-16/h3-7,10-11,17,19-20H,8-9,12-13H2,1-2H3,(H,26,31)/t17-,19+,20+/m1/s1. The van der Waals surface area contributed by atoms with E-state index in [0.717, 1.165) is 23.1 Å². The lowest BCUT2D eigenvalue weighted by atomic mass is 10.1. The van der Waals surface area contributed by atoms with Gasteiger partial charge in [0.2, 0.25) is 0 Å². The zero-order chi connectivity index (χ0) is 22.6. The van der Waals surface area contributed by atoms with Crippen LogP contribution in [-0.2, 0) is 4.79 Å². The predicted molar refractivity (Wildman–Crippen MR) is 122 cm³/mol. The lowest BCUT2D eigenvalue weighted by Crippen LogP contribution is -2.55. The molecule has 2 aromatic rings. The highest BCUT2D eigenvalue weighted by atomic mass is 35.5. The number of halogens is 1. The zero-order valence-electron chi connectivity index (χ0n) is 18.0. The van der Waals surface area contributed by atoms with Gasteiger partial charge in [-0.3, -0.25) is 9.69 Å². The molecule has 7 nitrogen and oxygen atoms in total. The number of carbonyl (C=O) groups excluding carboxylic acids is 3. The summed E-state index contributed by atoms with van der Waals surface area (Å²) >= 11 is 6.33. The van der Waals surface area contributed by atoms with Crippen LogP contribution in [0.3, 0.4) is 0 Å². The maximum Gasteiger partial charge on any atom is 0.327 e. The van der Waals surface area contributed by atoms with Gasteiger partial charge in [0, 0.05) is 25.0 Å². The second-order valence-electron chi connectivity index (χ2n) is 8.84. The van der Waals surface area contributed by atoms with E-state index in [1.165, 1.54) is 4.90 Å². The van der Waals surface area contributed by atoms with Crippen molar-refractivity contribution in [3.05, 3.63) is 64.2 Å². The Balaban J connectivity index is 1.28. The van der Waals surface area contributed by atoms with Gasteiger partial charge in [0.15, 0.2) is 0 Å². The molecule has 2 heterocycles. The molecule has 1 N–H and O–H groups in total. The molecular formula is C24H25ClN4O3. The second-order valence-corrected chi connectivity index (χ2v) is 9.24. The highest BCUT2D eigenvalue weighted by Crippen LogP contribution is 2.46. The van der Waals surface area contributed by atoms with E-state index in [2.05, 4.69) is 5.32 Å². The van der Waals surface area contributed by atoms with Crippen LogP contribution in [0.5, 0.6) is 0 Å². The minimum atomic E-state index is -0.631. The summed E-state index contributed by atoms with van der Waals surface area (Å²) in [7, 11) is 0. The van der Waals surface area contributed by atoms with Crippen molar-refractivity contribution in [2.45, 2.75) is 38.3 Å². The number of anilines is 1. The Morgan fingerprint density at radius 2 is 1.84 bits per heavy atom. The number of fused-ring (bicyclic) bond motifs is 1. The highest BCUT2D eigenvalue weighted by Gasteiger charge is 2.56. The summed E-state index contributed by atoms with van der Waals surface area (Å²) in [6.45, 7) is 4.72. The third kappa shape index (κ3) is 3.50.